The topological polar surface area (TPSA) is 44.9 Å². The highest BCUT2D eigenvalue weighted by atomic mass is 16.1. The normalized spacial score (nSPS) is 10.8. The fraction of sp³-hybridized carbons (Fsp3) is 0.167. The van der Waals surface area contributed by atoms with Gasteiger partial charge in [-0.05, 0) is 49.1 Å². The molecule has 0 bridgehead atoms. The van der Waals surface area contributed by atoms with Gasteiger partial charge in [0.05, 0.1) is 5.52 Å². The van der Waals surface area contributed by atoms with E-state index in [9.17, 15) is 4.79 Å². The molecule has 0 spiro atoms. The summed E-state index contributed by atoms with van der Waals surface area (Å²) in [5.41, 5.74) is 4.96. The molecule has 3 aromatic rings. The lowest BCUT2D eigenvalue weighted by Crippen LogP contribution is -2.16. The maximum atomic E-state index is 12.2. The third kappa shape index (κ3) is 2.82. The van der Waals surface area contributed by atoms with Crippen molar-refractivity contribution < 1.29 is 0 Å². The van der Waals surface area contributed by atoms with Crippen LogP contribution in [0, 0.1) is 13.8 Å². The number of fused-ring (bicyclic) bond motifs is 1. The van der Waals surface area contributed by atoms with Gasteiger partial charge in [-0.3, -0.25) is 4.79 Å². The second kappa shape index (κ2) is 5.44. The van der Waals surface area contributed by atoms with E-state index in [4.69, 9.17) is 0 Å². The first-order valence-electron chi connectivity index (χ1n) is 7.05. The molecule has 0 amide bonds. The van der Waals surface area contributed by atoms with Gasteiger partial charge < -0.3 is 10.3 Å². The number of para-hydroxylation sites is 1. The van der Waals surface area contributed by atoms with Crippen LogP contribution < -0.4 is 10.9 Å². The number of anilines is 1. The maximum Gasteiger partial charge on any atom is 0.253 e. The number of nitrogens with one attached hydrogen (secondary N) is 2. The zero-order valence-corrected chi connectivity index (χ0v) is 12.2. The van der Waals surface area contributed by atoms with Crippen LogP contribution in [0.3, 0.4) is 0 Å². The standard InChI is InChI=1S/C18H18N2O/c1-12-8-13(2)17-14(9-12)10-15(18(21)20-17)11-19-16-6-4-3-5-7-16/h3-10,19H,11H2,1-2H3,(H,20,21). The zero-order valence-electron chi connectivity index (χ0n) is 12.2. The molecule has 0 aliphatic carbocycles. The van der Waals surface area contributed by atoms with Gasteiger partial charge in [-0.25, -0.2) is 0 Å². The van der Waals surface area contributed by atoms with Gasteiger partial charge in [-0.2, -0.15) is 0 Å². The van der Waals surface area contributed by atoms with E-state index in [-0.39, 0.29) is 5.56 Å². The van der Waals surface area contributed by atoms with E-state index in [0.29, 0.717) is 6.54 Å². The molecule has 2 aromatic carbocycles. The second-order valence-electron chi connectivity index (χ2n) is 5.39. The number of hydrogen-bond donors (Lipinski definition) is 2. The lowest BCUT2D eigenvalue weighted by atomic mass is 10.1. The number of H-pyrrole nitrogens is 1. The Bertz CT molecular complexity index is 835. The molecule has 3 rings (SSSR count). The SMILES string of the molecule is Cc1cc(C)c2[nH]c(=O)c(CNc3ccccc3)cc2c1. The Labute approximate surface area is 123 Å². The fourth-order valence-electron chi connectivity index (χ4n) is 2.62. The molecule has 0 aliphatic heterocycles. The van der Waals surface area contributed by atoms with Crippen LogP contribution in [0.4, 0.5) is 5.69 Å². The molecular formula is C18H18N2O. The summed E-state index contributed by atoms with van der Waals surface area (Å²) >= 11 is 0. The van der Waals surface area contributed by atoms with Crippen LogP contribution in [0.1, 0.15) is 16.7 Å². The van der Waals surface area contributed by atoms with Gasteiger partial charge in [0, 0.05) is 17.8 Å². The number of aromatic nitrogens is 1. The van der Waals surface area contributed by atoms with E-state index in [1.54, 1.807) is 0 Å². The van der Waals surface area contributed by atoms with E-state index in [1.165, 1.54) is 5.56 Å². The molecule has 0 saturated heterocycles. The van der Waals surface area contributed by atoms with Crippen LogP contribution in [0.25, 0.3) is 10.9 Å². The number of pyridine rings is 1. The Kier molecular flexibility index (Phi) is 3.48. The van der Waals surface area contributed by atoms with Gasteiger partial charge in [0.2, 0.25) is 0 Å². The summed E-state index contributed by atoms with van der Waals surface area (Å²) in [6, 6.07) is 16.1. The van der Waals surface area contributed by atoms with Crippen LogP contribution >= 0.6 is 0 Å². The lowest BCUT2D eigenvalue weighted by molar-refractivity contribution is 1.09. The summed E-state index contributed by atoms with van der Waals surface area (Å²) in [6.45, 7) is 4.61. The third-order valence-electron chi connectivity index (χ3n) is 3.63. The summed E-state index contributed by atoms with van der Waals surface area (Å²) in [6.07, 6.45) is 0. The van der Waals surface area contributed by atoms with Crippen molar-refractivity contribution in [2.45, 2.75) is 20.4 Å². The molecule has 0 radical (unpaired) electrons. The van der Waals surface area contributed by atoms with Crippen molar-refractivity contribution in [2.75, 3.05) is 5.32 Å². The largest absolute Gasteiger partial charge is 0.381 e. The van der Waals surface area contributed by atoms with Gasteiger partial charge in [0.1, 0.15) is 0 Å². The number of aryl methyl sites for hydroxylation is 2. The van der Waals surface area contributed by atoms with Gasteiger partial charge in [-0.1, -0.05) is 29.8 Å². The van der Waals surface area contributed by atoms with E-state index < -0.39 is 0 Å². The fourth-order valence-corrected chi connectivity index (χ4v) is 2.62. The Morgan fingerprint density at radius 3 is 2.57 bits per heavy atom. The van der Waals surface area contributed by atoms with E-state index in [0.717, 1.165) is 27.7 Å². The molecule has 2 N–H and O–H groups in total. The Balaban J connectivity index is 1.96. The molecule has 0 saturated carbocycles. The summed E-state index contributed by atoms with van der Waals surface area (Å²) in [5, 5.41) is 4.36. The average Bonchev–Trinajstić information content (AvgIpc) is 2.47. The van der Waals surface area contributed by atoms with Crippen molar-refractivity contribution in [3.05, 3.63) is 75.6 Å². The van der Waals surface area contributed by atoms with Crippen LogP contribution in [-0.2, 0) is 6.54 Å². The Hall–Kier alpha value is -2.55. The molecule has 106 valence electrons. The summed E-state index contributed by atoms with van der Waals surface area (Å²) in [7, 11) is 0. The van der Waals surface area contributed by atoms with Gasteiger partial charge in [-0.15, -0.1) is 0 Å². The highest BCUT2D eigenvalue weighted by Crippen LogP contribution is 2.18. The molecule has 1 heterocycles. The Morgan fingerprint density at radius 1 is 1.05 bits per heavy atom. The molecule has 3 nitrogen and oxygen atoms in total. The van der Waals surface area contributed by atoms with Gasteiger partial charge in [0.15, 0.2) is 0 Å². The molecule has 0 fully saturated rings. The molecule has 21 heavy (non-hydrogen) atoms. The molecule has 0 unspecified atom stereocenters. The second-order valence-corrected chi connectivity index (χ2v) is 5.39. The van der Waals surface area contributed by atoms with Gasteiger partial charge in [0.25, 0.3) is 5.56 Å². The van der Waals surface area contributed by atoms with E-state index in [1.807, 2.05) is 43.3 Å². The van der Waals surface area contributed by atoms with Crippen molar-refractivity contribution in [3.8, 4) is 0 Å². The summed E-state index contributed by atoms with van der Waals surface area (Å²) in [4.78, 5) is 15.2. The van der Waals surface area contributed by atoms with Crippen molar-refractivity contribution in [2.24, 2.45) is 0 Å². The minimum Gasteiger partial charge on any atom is -0.381 e. The molecular weight excluding hydrogens is 260 g/mol. The van der Waals surface area contributed by atoms with Crippen molar-refractivity contribution in [1.29, 1.82) is 0 Å². The number of rotatable bonds is 3. The lowest BCUT2D eigenvalue weighted by Gasteiger charge is -2.09. The van der Waals surface area contributed by atoms with Gasteiger partial charge >= 0.3 is 0 Å². The molecule has 1 aromatic heterocycles. The molecule has 3 heteroatoms. The average molecular weight is 278 g/mol. The third-order valence-corrected chi connectivity index (χ3v) is 3.63. The van der Waals surface area contributed by atoms with Crippen LogP contribution in [0.5, 0.6) is 0 Å². The van der Waals surface area contributed by atoms with Crippen molar-refractivity contribution in [3.63, 3.8) is 0 Å². The summed E-state index contributed by atoms with van der Waals surface area (Å²) < 4.78 is 0. The minimum atomic E-state index is -0.0297. The smallest absolute Gasteiger partial charge is 0.253 e. The number of benzene rings is 2. The first-order valence-corrected chi connectivity index (χ1v) is 7.05. The highest BCUT2D eigenvalue weighted by molar-refractivity contribution is 5.82. The highest BCUT2D eigenvalue weighted by Gasteiger charge is 2.05. The summed E-state index contributed by atoms with van der Waals surface area (Å²) in [5.74, 6) is 0. The first-order chi connectivity index (χ1) is 10.1. The van der Waals surface area contributed by atoms with Crippen LogP contribution in [-0.4, -0.2) is 4.98 Å². The van der Waals surface area contributed by atoms with Crippen LogP contribution in [0.2, 0.25) is 0 Å². The first kappa shape index (κ1) is 13.4. The van der Waals surface area contributed by atoms with E-state index >= 15 is 0 Å². The van der Waals surface area contributed by atoms with Crippen molar-refractivity contribution in [1.82, 2.24) is 4.98 Å². The Morgan fingerprint density at radius 2 is 1.81 bits per heavy atom. The zero-order chi connectivity index (χ0) is 14.8. The maximum absolute atomic E-state index is 12.2. The van der Waals surface area contributed by atoms with Crippen molar-refractivity contribution >= 4 is 16.6 Å². The molecule has 0 aliphatic rings. The number of aromatic amines is 1. The molecule has 0 atom stereocenters. The van der Waals surface area contributed by atoms with Crippen LogP contribution in [0.15, 0.2) is 53.3 Å². The minimum absolute atomic E-state index is 0.0297. The predicted octanol–water partition coefficient (Wildman–Crippen LogP) is 3.76. The quantitative estimate of drug-likeness (QED) is 0.766. The van der Waals surface area contributed by atoms with E-state index in [2.05, 4.69) is 29.4 Å². The monoisotopic (exact) mass is 278 g/mol. The number of hydrogen-bond acceptors (Lipinski definition) is 2. The predicted molar refractivity (Wildman–Crippen MR) is 87.8 cm³/mol.